The van der Waals surface area contributed by atoms with Gasteiger partial charge in [0, 0.05) is 33.9 Å². The highest BCUT2D eigenvalue weighted by molar-refractivity contribution is 5.79. The summed E-state index contributed by atoms with van der Waals surface area (Å²) >= 11 is 0. The van der Waals surface area contributed by atoms with Crippen molar-refractivity contribution in [3.8, 4) is 0 Å². The number of rotatable bonds is 12. The number of aliphatic imine (C=N–C) groups is 1. The van der Waals surface area contributed by atoms with Crippen LogP contribution < -0.4 is 10.6 Å². The normalized spacial score (nSPS) is 11.5. The van der Waals surface area contributed by atoms with Gasteiger partial charge in [0.15, 0.2) is 5.96 Å². The molecule has 6 heteroatoms. The smallest absolute Gasteiger partial charge is 0.191 e. The number of methoxy groups -OCH3 is 2. The molecule has 0 radical (unpaired) electrons. The zero-order valence-corrected chi connectivity index (χ0v) is 15.1. The van der Waals surface area contributed by atoms with Crippen molar-refractivity contribution < 1.29 is 14.2 Å². The van der Waals surface area contributed by atoms with Crippen LogP contribution in [0.1, 0.15) is 24.5 Å². The molecule has 6 nitrogen and oxygen atoms in total. The van der Waals surface area contributed by atoms with E-state index in [9.17, 15) is 0 Å². The Hall–Kier alpha value is -1.63. The molecule has 0 aliphatic rings. The minimum absolute atomic E-state index is 0.624. The van der Waals surface area contributed by atoms with Gasteiger partial charge in [-0.1, -0.05) is 24.3 Å². The predicted octanol–water partition coefficient (Wildman–Crippen LogP) is 1.94. The molecule has 0 saturated heterocycles. The van der Waals surface area contributed by atoms with E-state index < -0.39 is 0 Å². The lowest BCUT2D eigenvalue weighted by Gasteiger charge is -2.11. The van der Waals surface area contributed by atoms with Crippen LogP contribution in [0, 0.1) is 0 Å². The second kappa shape index (κ2) is 13.8. The van der Waals surface area contributed by atoms with E-state index in [1.54, 1.807) is 14.2 Å². The van der Waals surface area contributed by atoms with Crippen LogP contribution in [0.5, 0.6) is 0 Å². The lowest BCUT2D eigenvalue weighted by Crippen LogP contribution is -2.38. The van der Waals surface area contributed by atoms with Crippen LogP contribution in [0.4, 0.5) is 0 Å². The lowest BCUT2D eigenvalue weighted by atomic mass is 10.1. The first kappa shape index (κ1) is 20.4. The van der Waals surface area contributed by atoms with Gasteiger partial charge in [-0.15, -0.1) is 0 Å². The number of nitrogens with one attached hydrogen (secondary N) is 2. The molecule has 0 aromatic heterocycles. The monoisotopic (exact) mass is 337 g/mol. The van der Waals surface area contributed by atoms with E-state index in [1.165, 1.54) is 5.56 Å². The summed E-state index contributed by atoms with van der Waals surface area (Å²) in [5.74, 6) is 0.825. The van der Waals surface area contributed by atoms with Gasteiger partial charge >= 0.3 is 0 Å². The van der Waals surface area contributed by atoms with Gasteiger partial charge in [0.25, 0.3) is 0 Å². The zero-order chi connectivity index (χ0) is 17.5. The molecule has 0 aliphatic heterocycles. The van der Waals surface area contributed by atoms with Crippen molar-refractivity contribution in [2.75, 3.05) is 47.1 Å². The predicted molar refractivity (Wildman–Crippen MR) is 97.3 cm³/mol. The SMILES string of the molecule is CCNC(=NCc1cccc(COC)c1)NCCCOCCOC. The maximum atomic E-state index is 5.44. The average Bonchev–Trinajstić information content (AvgIpc) is 2.59. The Morgan fingerprint density at radius 2 is 1.88 bits per heavy atom. The molecule has 136 valence electrons. The van der Waals surface area contributed by atoms with Crippen molar-refractivity contribution in [3.05, 3.63) is 35.4 Å². The fraction of sp³-hybridized carbons (Fsp3) is 0.611. The second-order valence-electron chi connectivity index (χ2n) is 5.33. The third kappa shape index (κ3) is 9.50. The Bertz CT molecular complexity index is 467. The van der Waals surface area contributed by atoms with E-state index in [0.29, 0.717) is 26.4 Å². The number of hydrogen-bond donors (Lipinski definition) is 2. The van der Waals surface area contributed by atoms with E-state index in [4.69, 9.17) is 14.2 Å². The molecule has 1 aromatic rings. The van der Waals surface area contributed by atoms with Crippen molar-refractivity contribution in [1.82, 2.24) is 10.6 Å². The topological polar surface area (TPSA) is 64.1 Å². The van der Waals surface area contributed by atoms with Crippen LogP contribution in [0.15, 0.2) is 29.3 Å². The van der Waals surface area contributed by atoms with Crippen molar-refractivity contribution in [3.63, 3.8) is 0 Å². The Morgan fingerprint density at radius 3 is 2.62 bits per heavy atom. The van der Waals surface area contributed by atoms with Crippen LogP contribution in [0.25, 0.3) is 0 Å². The molecule has 1 rings (SSSR count). The molecule has 0 fully saturated rings. The van der Waals surface area contributed by atoms with Crippen LogP contribution in [-0.2, 0) is 27.4 Å². The largest absolute Gasteiger partial charge is 0.382 e. The number of guanidine groups is 1. The van der Waals surface area contributed by atoms with Crippen molar-refractivity contribution >= 4 is 5.96 Å². The summed E-state index contributed by atoms with van der Waals surface area (Å²) in [5.41, 5.74) is 2.33. The fourth-order valence-electron chi connectivity index (χ4n) is 2.12. The van der Waals surface area contributed by atoms with Gasteiger partial charge in [0.1, 0.15) is 0 Å². The van der Waals surface area contributed by atoms with Crippen LogP contribution in [0.2, 0.25) is 0 Å². The molecule has 1 aromatic carbocycles. The quantitative estimate of drug-likeness (QED) is 0.347. The minimum Gasteiger partial charge on any atom is -0.382 e. The molecule has 0 bridgehead atoms. The van der Waals surface area contributed by atoms with Crippen molar-refractivity contribution in [2.24, 2.45) is 4.99 Å². The molecular formula is C18H31N3O3. The van der Waals surface area contributed by atoms with Gasteiger partial charge in [-0.05, 0) is 24.5 Å². The Kier molecular flexibility index (Phi) is 11.7. The first-order chi connectivity index (χ1) is 11.8. The first-order valence-corrected chi connectivity index (χ1v) is 8.45. The summed E-state index contributed by atoms with van der Waals surface area (Å²) < 4.78 is 15.6. The van der Waals surface area contributed by atoms with Gasteiger partial charge in [-0.2, -0.15) is 0 Å². The van der Waals surface area contributed by atoms with E-state index in [0.717, 1.165) is 37.6 Å². The molecule has 0 atom stereocenters. The lowest BCUT2D eigenvalue weighted by molar-refractivity contribution is 0.0698. The summed E-state index contributed by atoms with van der Waals surface area (Å²) in [6, 6.07) is 8.30. The third-order valence-corrected chi connectivity index (χ3v) is 3.26. The molecule has 0 unspecified atom stereocenters. The standard InChI is InChI=1S/C18H31N3O3/c1-4-19-18(20-9-6-10-24-12-11-22-2)21-14-16-7-5-8-17(13-16)15-23-3/h5,7-8,13H,4,6,9-12,14-15H2,1-3H3,(H2,19,20,21). The molecule has 0 spiro atoms. The van der Waals surface area contributed by atoms with Gasteiger partial charge in [-0.25, -0.2) is 4.99 Å². The molecule has 0 amide bonds. The molecule has 0 heterocycles. The number of ether oxygens (including phenoxy) is 3. The minimum atomic E-state index is 0.624. The molecule has 24 heavy (non-hydrogen) atoms. The van der Waals surface area contributed by atoms with Crippen molar-refractivity contribution in [1.29, 1.82) is 0 Å². The summed E-state index contributed by atoms with van der Waals surface area (Å²) in [7, 11) is 3.38. The average molecular weight is 337 g/mol. The third-order valence-electron chi connectivity index (χ3n) is 3.26. The number of nitrogens with zero attached hydrogens (tertiary/aromatic N) is 1. The Labute approximate surface area is 145 Å². The second-order valence-corrected chi connectivity index (χ2v) is 5.33. The first-order valence-electron chi connectivity index (χ1n) is 8.45. The highest BCUT2D eigenvalue weighted by Crippen LogP contribution is 2.07. The molecule has 0 saturated carbocycles. The van der Waals surface area contributed by atoms with E-state index >= 15 is 0 Å². The Balaban J connectivity index is 2.37. The highest BCUT2D eigenvalue weighted by Gasteiger charge is 1.99. The summed E-state index contributed by atoms with van der Waals surface area (Å²) in [4.78, 5) is 4.62. The Morgan fingerprint density at radius 1 is 1.04 bits per heavy atom. The molecule has 2 N–H and O–H groups in total. The van der Waals surface area contributed by atoms with Crippen LogP contribution in [-0.4, -0.2) is 53.1 Å². The summed E-state index contributed by atoms with van der Waals surface area (Å²) in [6.07, 6.45) is 0.928. The van der Waals surface area contributed by atoms with E-state index in [1.807, 2.05) is 6.07 Å². The summed E-state index contributed by atoms with van der Waals surface area (Å²) in [5, 5.41) is 6.58. The van der Waals surface area contributed by atoms with Gasteiger partial charge in [0.05, 0.1) is 26.4 Å². The number of benzene rings is 1. The highest BCUT2D eigenvalue weighted by atomic mass is 16.5. The zero-order valence-electron chi connectivity index (χ0n) is 15.1. The van der Waals surface area contributed by atoms with Crippen molar-refractivity contribution in [2.45, 2.75) is 26.5 Å². The van der Waals surface area contributed by atoms with Crippen LogP contribution >= 0.6 is 0 Å². The van der Waals surface area contributed by atoms with Crippen LogP contribution in [0.3, 0.4) is 0 Å². The molecular weight excluding hydrogens is 306 g/mol. The van der Waals surface area contributed by atoms with Gasteiger partial charge < -0.3 is 24.8 Å². The van der Waals surface area contributed by atoms with E-state index in [2.05, 4.69) is 40.7 Å². The van der Waals surface area contributed by atoms with Gasteiger partial charge in [0.2, 0.25) is 0 Å². The maximum absolute atomic E-state index is 5.44. The van der Waals surface area contributed by atoms with E-state index in [-0.39, 0.29) is 0 Å². The summed E-state index contributed by atoms with van der Waals surface area (Å²) in [6.45, 7) is 6.97. The number of hydrogen-bond acceptors (Lipinski definition) is 4. The molecule has 0 aliphatic carbocycles. The fourth-order valence-corrected chi connectivity index (χ4v) is 2.12. The van der Waals surface area contributed by atoms with Gasteiger partial charge in [-0.3, -0.25) is 0 Å². The maximum Gasteiger partial charge on any atom is 0.191 e.